The standard InChI is InChI=1S/C22H43N.BrH/c1-4-7-10-11-12-13-14-15-16-17-18-19-22-23(20-8-5-2)21-9-6-3;/h5-6H,2-4,7-22H2,1H3;1H. The highest BCUT2D eigenvalue weighted by molar-refractivity contribution is 4.66. The van der Waals surface area contributed by atoms with E-state index < -0.39 is 0 Å². The number of halogens is 1. The summed E-state index contributed by atoms with van der Waals surface area (Å²) in [7, 11) is 0. The fourth-order valence-electron chi connectivity index (χ4n) is 3.20. The number of hydrogen-bond acceptors (Lipinski definition) is 0. The summed E-state index contributed by atoms with van der Waals surface area (Å²) >= 11 is 0. The molecule has 0 amide bonds. The Kier molecular flexibility index (Phi) is 25.0. The quantitative estimate of drug-likeness (QED) is 0.250. The molecule has 0 aromatic rings. The topological polar surface area (TPSA) is 4.44 Å². The number of unbranched alkanes of at least 4 members (excludes halogenated alkanes) is 11. The second kappa shape index (κ2) is 22.9. The maximum atomic E-state index is 3.85. The molecule has 24 heavy (non-hydrogen) atoms. The van der Waals surface area contributed by atoms with E-state index in [0.29, 0.717) is 0 Å². The molecule has 0 aromatic carbocycles. The van der Waals surface area contributed by atoms with Crippen LogP contribution < -0.4 is 21.9 Å². The van der Waals surface area contributed by atoms with Crippen LogP contribution in [-0.4, -0.2) is 19.6 Å². The zero-order valence-corrected chi connectivity index (χ0v) is 18.1. The van der Waals surface area contributed by atoms with Gasteiger partial charge in [-0.3, -0.25) is 0 Å². The molecule has 0 saturated carbocycles. The van der Waals surface area contributed by atoms with Crippen molar-refractivity contribution in [2.24, 2.45) is 0 Å². The van der Waals surface area contributed by atoms with E-state index >= 15 is 0 Å². The van der Waals surface area contributed by atoms with Gasteiger partial charge in [0.25, 0.3) is 0 Å². The van der Waals surface area contributed by atoms with Gasteiger partial charge >= 0.3 is 0 Å². The molecule has 0 fully saturated rings. The van der Waals surface area contributed by atoms with Crippen molar-refractivity contribution in [3.05, 3.63) is 25.3 Å². The maximum absolute atomic E-state index is 3.85. The number of hydrogen-bond donors (Lipinski definition) is 1. The first-order valence-electron chi connectivity index (χ1n) is 10.4. The Labute approximate surface area is 163 Å². The minimum Gasteiger partial charge on any atom is -1.00 e. The number of rotatable bonds is 19. The van der Waals surface area contributed by atoms with Crippen molar-refractivity contribution >= 4 is 0 Å². The lowest BCUT2D eigenvalue weighted by Gasteiger charge is -2.18. The molecule has 0 spiro atoms. The lowest BCUT2D eigenvalue weighted by atomic mass is 10.1. The van der Waals surface area contributed by atoms with E-state index in [0.717, 1.165) is 12.8 Å². The Bertz CT molecular complexity index is 240. The first-order chi connectivity index (χ1) is 11.3. The van der Waals surface area contributed by atoms with E-state index in [1.807, 2.05) is 0 Å². The highest BCUT2D eigenvalue weighted by atomic mass is 79.9. The third-order valence-electron chi connectivity index (χ3n) is 4.79. The Balaban J connectivity index is 0. The van der Waals surface area contributed by atoms with Crippen molar-refractivity contribution in [2.75, 3.05) is 19.6 Å². The van der Waals surface area contributed by atoms with Crippen molar-refractivity contribution in [1.29, 1.82) is 0 Å². The molecule has 0 aromatic heterocycles. The highest BCUT2D eigenvalue weighted by Gasteiger charge is 2.05. The van der Waals surface area contributed by atoms with Crippen molar-refractivity contribution in [1.82, 2.24) is 0 Å². The van der Waals surface area contributed by atoms with Gasteiger partial charge in [-0.1, -0.05) is 83.3 Å². The lowest BCUT2D eigenvalue weighted by Crippen LogP contribution is -3.12. The predicted octanol–water partition coefficient (Wildman–Crippen LogP) is 2.73. The van der Waals surface area contributed by atoms with Gasteiger partial charge in [-0.05, 0) is 12.8 Å². The van der Waals surface area contributed by atoms with E-state index in [2.05, 4.69) is 32.2 Å². The normalized spacial score (nSPS) is 10.6. The molecule has 144 valence electrons. The van der Waals surface area contributed by atoms with Gasteiger partial charge in [0.1, 0.15) is 0 Å². The van der Waals surface area contributed by atoms with E-state index in [9.17, 15) is 0 Å². The monoisotopic (exact) mass is 401 g/mol. The Morgan fingerprint density at radius 1 is 0.583 bits per heavy atom. The summed E-state index contributed by atoms with van der Waals surface area (Å²) in [5.41, 5.74) is 0. The van der Waals surface area contributed by atoms with Gasteiger partial charge in [0.05, 0.1) is 19.6 Å². The lowest BCUT2D eigenvalue weighted by molar-refractivity contribution is -0.899. The first-order valence-corrected chi connectivity index (χ1v) is 10.4. The van der Waals surface area contributed by atoms with Gasteiger partial charge in [0.2, 0.25) is 0 Å². The van der Waals surface area contributed by atoms with Crippen LogP contribution in [0.3, 0.4) is 0 Å². The first kappa shape index (κ1) is 26.2. The SMILES string of the molecule is C=CCC[NH+](CCC=C)CCCCCCCCCCCCCC.[Br-]. The van der Waals surface area contributed by atoms with Gasteiger partial charge in [0, 0.05) is 12.8 Å². The van der Waals surface area contributed by atoms with Gasteiger partial charge in [-0.25, -0.2) is 0 Å². The van der Waals surface area contributed by atoms with Crippen molar-refractivity contribution < 1.29 is 21.9 Å². The molecule has 0 atom stereocenters. The fraction of sp³-hybridized carbons (Fsp3) is 0.818. The summed E-state index contributed by atoms with van der Waals surface area (Å²) in [6, 6.07) is 0. The Morgan fingerprint density at radius 3 is 1.33 bits per heavy atom. The van der Waals surface area contributed by atoms with E-state index in [1.165, 1.54) is 96.7 Å². The zero-order valence-electron chi connectivity index (χ0n) is 16.5. The van der Waals surface area contributed by atoms with E-state index in [-0.39, 0.29) is 17.0 Å². The van der Waals surface area contributed by atoms with Crippen LogP contribution in [0.1, 0.15) is 96.8 Å². The second-order valence-corrected chi connectivity index (χ2v) is 7.04. The molecule has 0 unspecified atom stereocenters. The predicted molar refractivity (Wildman–Crippen MR) is 106 cm³/mol. The average molecular weight is 403 g/mol. The summed E-state index contributed by atoms with van der Waals surface area (Å²) < 4.78 is 0. The van der Waals surface area contributed by atoms with Crippen molar-refractivity contribution in [2.45, 2.75) is 96.8 Å². The van der Waals surface area contributed by atoms with Crippen LogP contribution in [0.15, 0.2) is 25.3 Å². The Hall–Kier alpha value is -0.0800. The second-order valence-electron chi connectivity index (χ2n) is 7.04. The third-order valence-corrected chi connectivity index (χ3v) is 4.79. The molecule has 0 aliphatic rings. The van der Waals surface area contributed by atoms with Crippen molar-refractivity contribution in [3.63, 3.8) is 0 Å². The summed E-state index contributed by atoms with van der Waals surface area (Å²) in [5.74, 6) is 0. The molecule has 0 heterocycles. The molecule has 0 rings (SSSR count). The van der Waals surface area contributed by atoms with E-state index in [1.54, 1.807) is 4.90 Å². The van der Waals surface area contributed by atoms with Crippen molar-refractivity contribution in [3.8, 4) is 0 Å². The van der Waals surface area contributed by atoms with Gasteiger partial charge < -0.3 is 21.9 Å². The number of quaternary nitrogens is 1. The van der Waals surface area contributed by atoms with Gasteiger partial charge in [-0.2, -0.15) is 0 Å². The Morgan fingerprint density at radius 2 is 0.958 bits per heavy atom. The largest absolute Gasteiger partial charge is 1.00 e. The molecule has 0 aliphatic carbocycles. The smallest absolute Gasteiger partial charge is 0.0805 e. The summed E-state index contributed by atoms with van der Waals surface area (Å²) in [4.78, 5) is 1.73. The summed E-state index contributed by atoms with van der Waals surface area (Å²) in [6.45, 7) is 13.8. The molecule has 1 nitrogen and oxygen atoms in total. The molecular formula is C22H44BrN. The van der Waals surface area contributed by atoms with E-state index in [4.69, 9.17) is 0 Å². The molecule has 2 heteroatoms. The zero-order chi connectivity index (χ0) is 17.0. The maximum Gasteiger partial charge on any atom is 0.0805 e. The minimum atomic E-state index is 0. The van der Waals surface area contributed by atoms with Crippen LogP contribution in [0.2, 0.25) is 0 Å². The summed E-state index contributed by atoms with van der Waals surface area (Å²) in [5, 5.41) is 0. The van der Waals surface area contributed by atoms with Gasteiger partial charge in [-0.15, -0.1) is 13.2 Å². The van der Waals surface area contributed by atoms with Crippen LogP contribution in [0.4, 0.5) is 0 Å². The van der Waals surface area contributed by atoms with Crippen LogP contribution in [-0.2, 0) is 0 Å². The summed E-state index contributed by atoms with van der Waals surface area (Å²) in [6.07, 6.45) is 23.6. The van der Waals surface area contributed by atoms with Crippen LogP contribution in [0.25, 0.3) is 0 Å². The molecule has 0 radical (unpaired) electrons. The average Bonchev–Trinajstić information content (AvgIpc) is 2.57. The van der Waals surface area contributed by atoms with Gasteiger partial charge in [0.15, 0.2) is 0 Å². The van der Waals surface area contributed by atoms with Crippen LogP contribution >= 0.6 is 0 Å². The molecule has 0 bridgehead atoms. The molecule has 0 aliphatic heterocycles. The molecule has 1 N–H and O–H groups in total. The van der Waals surface area contributed by atoms with Crippen LogP contribution in [0.5, 0.6) is 0 Å². The minimum absolute atomic E-state index is 0. The van der Waals surface area contributed by atoms with Crippen LogP contribution in [0, 0.1) is 0 Å². The highest BCUT2D eigenvalue weighted by Crippen LogP contribution is 2.11. The molecule has 0 saturated heterocycles. The fourth-order valence-corrected chi connectivity index (χ4v) is 3.20. The number of nitrogens with one attached hydrogen (secondary N) is 1. The molecular weight excluding hydrogens is 358 g/mol. The third kappa shape index (κ3) is 20.0.